The summed E-state index contributed by atoms with van der Waals surface area (Å²) < 4.78 is 8.49. The summed E-state index contributed by atoms with van der Waals surface area (Å²) in [6.07, 6.45) is 3.61. The number of carbonyl (C=O) groups excluding carboxylic acids is 1. The smallest absolute Gasteiger partial charge is 0.408 e. The number of hydrogen-bond acceptors (Lipinski definition) is 5. The highest BCUT2D eigenvalue weighted by atomic mass is 16.4. The number of amides is 1. The summed E-state index contributed by atoms with van der Waals surface area (Å²) in [6, 6.07) is 9.06. The minimum Gasteiger partial charge on any atom is -0.408 e. The lowest BCUT2D eigenvalue weighted by atomic mass is 10.1. The Morgan fingerprint density at radius 1 is 1.28 bits per heavy atom. The Kier molecular flexibility index (Phi) is 3.40. The van der Waals surface area contributed by atoms with Gasteiger partial charge in [-0.3, -0.25) is 9.36 Å². The predicted octanol–water partition coefficient (Wildman–Crippen LogP) is 1.34. The number of carbonyl (C=O) groups is 1. The third-order valence-corrected chi connectivity index (χ3v) is 4.01. The van der Waals surface area contributed by atoms with Crippen LogP contribution in [0.3, 0.4) is 0 Å². The largest absolute Gasteiger partial charge is 0.419 e. The number of nitrogens with two attached hydrogens (primary N) is 1. The number of rotatable bonds is 3. The summed E-state index contributed by atoms with van der Waals surface area (Å²) in [5.74, 6) is -0.660. The number of aromatic nitrogens is 3. The number of pyridine rings is 1. The molecule has 0 saturated carbocycles. The van der Waals surface area contributed by atoms with E-state index in [1.165, 1.54) is 4.57 Å². The Morgan fingerprint density at radius 3 is 2.92 bits per heavy atom. The molecule has 0 atom stereocenters. The highest BCUT2D eigenvalue weighted by Crippen LogP contribution is 2.24. The first-order valence-corrected chi connectivity index (χ1v) is 7.64. The molecule has 0 fully saturated rings. The van der Waals surface area contributed by atoms with Gasteiger partial charge in [0.15, 0.2) is 5.58 Å². The lowest BCUT2D eigenvalue weighted by molar-refractivity contribution is -0.114. The number of imidazole rings is 1. The van der Waals surface area contributed by atoms with Crippen LogP contribution in [0.5, 0.6) is 0 Å². The number of benzene rings is 1. The SMILES string of the molecule is Cn1c(=O)oc2cc(-c3cn4cc(NC(=O)CN)ccc4n3)ccc21. The monoisotopic (exact) mass is 337 g/mol. The van der Waals surface area contributed by atoms with Crippen LogP contribution >= 0.6 is 0 Å². The standard InChI is InChI=1S/C17H15N5O3/c1-21-13-4-2-10(6-14(13)25-17(21)24)12-9-22-8-11(19-16(23)7-18)3-5-15(22)20-12/h2-6,8-9H,7,18H2,1H3,(H,19,23). The lowest BCUT2D eigenvalue weighted by Gasteiger charge is -2.03. The number of nitrogens with zero attached hydrogens (tertiary/aromatic N) is 3. The molecule has 0 bridgehead atoms. The van der Waals surface area contributed by atoms with E-state index in [0.29, 0.717) is 11.3 Å². The summed E-state index contributed by atoms with van der Waals surface area (Å²) in [7, 11) is 1.66. The molecule has 0 unspecified atom stereocenters. The Hall–Kier alpha value is -3.39. The number of oxazole rings is 1. The van der Waals surface area contributed by atoms with Crippen LogP contribution in [0.15, 0.2) is 51.9 Å². The molecule has 3 aromatic heterocycles. The van der Waals surface area contributed by atoms with Gasteiger partial charge in [-0.05, 0) is 24.3 Å². The maximum atomic E-state index is 11.6. The van der Waals surface area contributed by atoms with Crippen molar-refractivity contribution in [3.05, 3.63) is 53.3 Å². The summed E-state index contributed by atoms with van der Waals surface area (Å²) in [5.41, 5.74) is 9.48. The third kappa shape index (κ3) is 2.58. The van der Waals surface area contributed by atoms with E-state index in [1.54, 1.807) is 31.4 Å². The quantitative estimate of drug-likeness (QED) is 0.586. The third-order valence-electron chi connectivity index (χ3n) is 4.01. The zero-order chi connectivity index (χ0) is 17.6. The topological polar surface area (TPSA) is 108 Å². The van der Waals surface area contributed by atoms with Crippen LogP contribution in [0.4, 0.5) is 5.69 Å². The van der Waals surface area contributed by atoms with Crippen molar-refractivity contribution in [2.75, 3.05) is 11.9 Å². The molecule has 3 heterocycles. The highest BCUT2D eigenvalue weighted by Gasteiger charge is 2.10. The molecule has 126 valence electrons. The summed E-state index contributed by atoms with van der Waals surface area (Å²) >= 11 is 0. The van der Waals surface area contributed by atoms with Gasteiger partial charge < -0.3 is 19.9 Å². The average molecular weight is 337 g/mol. The van der Waals surface area contributed by atoms with Crippen molar-refractivity contribution < 1.29 is 9.21 Å². The van der Waals surface area contributed by atoms with Crippen molar-refractivity contribution in [2.24, 2.45) is 12.8 Å². The van der Waals surface area contributed by atoms with Crippen LogP contribution < -0.4 is 16.8 Å². The van der Waals surface area contributed by atoms with Gasteiger partial charge in [0.2, 0.25) is 5.91 Å². The van der Waals surface area contributed by atoms with Crippen molar-refractivity contribution in [2.45, 2.75) is 0 Å². The molecule has 0 spiro atoms. The Morgan fingerprint density at radius 2 is 2.12 bits per heavy atom. The number of aryl methyl sites for hydroxylation is 1. The molecular formula is C17H15N5O3. The zero-order valence-corrected chi connectivity index (χ0v) is 13.4. The van der Waals surface area contributed by atoms with Gasteiger partial charge in [0.05, 0.1) is 23.4 Å². The van der Waals surface area contributed by atoms with Gasteiger partial charge in [0, 0.05) is 25.0 Å². The van der Waals surface area contributed by atoms with E-state index in [2.05, 4.69) is 10.3 Å². The van der Waals surface area contributed by atoms with Gasteiger partial charge in [0.1, 0.15) is 5.65 Å². The van der Waals surface area contributed by atoms with Gasteiger partial charge in [0.25, 0.3) is 0 Å². The first-order chi connectivity index (χ1) is 12.0. The van der Waals surface area contributed by atoms with Crippen LogP contribution in [-0.2, 0) is 11.8 Å². The number of hydrogen-bond donors (Lipinski definition) is 2. The van der Waals surface area contributed by atoms with Crippen molar-refractivity contribution >= 4 is 28.3 Å². The van der Waals surface area contributed by atoms with E-state index >= 15 is 0 Å². The second-order valence-corrected chi connectivity index (χ2v) is 5.67. The fraction of sp³-hybridized carbons (Fsp3) is 0.118. The average Bonchev–Trinajstić information content (AvgIpc) is 3.15. The molecule has 3 N–H and O–H groups in total. The molecule has 4 aromatic rings. The van der Waals surface area contributed by atoms with Crippen LogP contribution in [0.2, 0.25) is 0 Å². The minimum atomic E-state index is -0.401. The second kappa shape index (κ2) is 5.60. The van der Waals surface area contributed by atoms with Crippen LogP contribution in [0.25, 0.3) is 28.0 Å². The predicted molar refractivity (Wildman–Crippen MR) is 93.3 cm³/mol. The molecule has 0 aliphatic heterocycles. The van der Waals surface area contributed by atoms with E-state index < -0.39 is 5.76 Å². The summed E-state index contributed by atoms with van der Waals surface area (Å²) in [6.45, 7) is -0.0739. The Bertz CT molecular complexity index is 1170. The number of anilines is 1. The fourth-order valence-corrected chi connectivity index (χ4v) is 2.71. The highest BCUT2D eigenvalue weighted by molar-refractivity contribution is 5.92. The van der Waals surface area contributed by atoms with E-state index in [9.17, 15) is 9.59 Å². The maximum Gasteiger partial charge on any atom is 0.419 e. The van der Waals surface area contributed by atoms with Gasteiger partial charge in [-0.25, -0.2) is 9.78 Å². The number of fused-ring (bicyclic) bond motifs is 2. The number of nitrogens with one attached hydrogen (secondary N) is 1. The molecule has 0 aliphatic rings. The summed E-state index contributed by atoms with van der Waals surface area (Å²) in [5, 5.41) is 2.70. The van der Waals surface area contributed by atoms with E-state index in [-0.39, 0.29) is 12.5 Å². The zero-order valence-electron chi connectivity index (χ0n) is 13.4. The van der Waals surface area contributed by atoms with Gasteiger partial charge in [-0.2, -0.15) is 0 Å². The van der Waals surface area contributed by atoms with E-state index in [4.69, 9.17) is 10.2 Å². The van der Waals surface area contributed by atoms with Gasteiger partial charge >= 0.3 is 5.76 Å². The van der Waals surface area contributed by atoms with Crippen LogP contribution in [-0.4, -0.2) is 26.4 Å². The van der Waals surface area contributed by atoms with Crippen molar-refractivity contribution in [3.63, 3.8) is 0 Å². The molecule has 8 nitrogen and oxygen atoms in total. The molecule has 0 radical (unpaired) electrons. The molecule has 1 aromatic carbocycles. The Balaban J connectivity index is 1.76. The van der Waals surface area contributed by atoms with Crippen molar-refractivity contribution in [1.82, 2.24) is 14.0 Å². The molecule has 1 amide bonds. The van der Waals surface area contributed by atoms with E-state index in [0.717, 1.165) is 22.4 Å². The van der Waals surface area contributed by atoms with Crippen molar-refractivity contribution in [1.29, 1.82) is 0 Å². The molecule has 0 saturated heterocycles. The minimum absolute atomic E-state index is 0.0739. The summed E-state index contributed by atoms with van der Waals surface area (Å²) in [4.78, 5) is 27.6. The first kappa shape index (κ1) is 15.2. The Labute approximate surface area is 141 Å². The molecule has 0 aliphatic carbocycles. The fourth-order valence-electron chi connectivity index (χ4n) is 2.71. The second-order valence-electron chi connectivity index (χ2n) is 5.67. The van der Waals surface area contributed by atoms with Crippen LogP contribution in [0.1, 0.15) is 0 Å². The lowest BCUT2D eigenvalue weighted by Crippen LogP contribution is -2.21. The molecule has 25 heavy (non-hydrogen) atoms. The van der Waals surface area contributed by atoms with Crippen molar-refractivity contribution in [3.8, 4) is 11.3 Å². The molecule has 8 heteroatoms. The molecule has 4 rings (SSSR count). The first-order valence-electron chi connectivity index (χ1n) is 7.64. The van der Waals surface area contributed by atoms with Gasteiger partial charge in [-0.15, -0.1) is 0 Å². The van der Waals surface area contributed by atoms with E-state index in [1.807, 2.05) is 22.7 Å². The van der Waals surface area contributed by atoms with Crippen LogP contribution in [0, 0.1) is 0 Å². The maximum absolute atomic E-state index is 11.6. The molecular weight excluding hydrogens is 322 g/mol. The van der Waals surface area contributed by atoms with Gasteiger partial charge in [-0.1, -0.05) is 6.07 Å². The normalized spacial score (nSPS) is 11.3.